The molecule has 0 spiro atoms. The van der Waals surface area contributed by atoms with Crippen LogP contribution in [0, 0.1) is 5.41 Å². The van der Waals surface area contributed by atoms with Gasteiger partial charge in [0.05, 0.1) is 11.8 Å². The van der Waals surface area contributed by atoms with Gasteiger partial charge in [-0.05, 0) is 35.9 Å². The Morgan fingerprint density at radius 1 is 1.14 bits per heavy atom. The molecule has 2 atom stereocenters. The third-order valence-corrected chi connectivity index (χ3v) is 6.27. The number of pyridine rings is 1. The number of ether oxygens (including phenoxy) is 1. The van der Waals surface area contributed by atoms with Crippen LogP contribution in [-0.4, -0.2) is 29.1 Å². The largest absolute Gasteiger partial charge is 0.378 e. The lowest BCUT2D eigenvalue weighted by atomic mass is 9.54. The molecule has 1 aliphatic carbocycles. The van der Waals surface area contributed by atoms with E-state index in [1.54, 1.807) is 6.07 Å². The number of nitrogens with one attached hydrogen (secondary N) is 1. The van der Waals surface area contributed by atoms with Crippen LogP contribution in [-0.2, 0) is 9.53 Å². The Labute approximate surface area is 171 Å². The summed E-state index contributed by atoms with van der Waals surface area (Å²) in [5.74, 6) is 0.280. The van der Waals surface area contributed by atoms with Crippen molar-refractivity contribution in [2.45, 2.75) is 38.8 Å². The highest BCUT2D eigenvalue weighted by Gasteiger charge is 2.62. The first kappa shape index (κ1) is 19.6. The Balaban J connectivity index is 1.55. The zero-order valence-corrected chi connectivity index (χ0v) is 17.1. The van der Waals surface area contributed by atoms with E-state index in [2.05, 4.69) is 34.6 Å². The minimum Gasteiger partial charge on any atom is -0.378 e. The van der Waals surface area contributed by atoms with Crippen molar-refractivity contribution >= 4 is 22.5 Å². The molecule has 2 unspecified atom stereocenters. The van der Waals surface area contributed by atoms with Crippen LogP contribution >= 0.6 is 0 Å². The number of carbonyl (C=O) groups excluding carboxylic acids is 1. The van der Waals surface area contributed by atoms with Crippen molar-refractivity contribution in [1.82, 2.24) is 4.98 Å². The average Bonchev–Trinajstić information content (AvgIpc) is 2.73. The van der Waals surface area contributed by atoms with Gasteiger partial charge in [-0.2, -0.15) is 0 Å². The Hall–Kier alpha value is -2.76. The van der Waals surface area contributed by atoms with Crippen LogP contribution in [0.15, 0.2) is 60.7 Å². The zero-order chi connectivity index (χ0) is 20.6. The van der Waals surface area contributed by atoms with Crippen molar-refractivity contribution < 1.29 is 9.53 Å². The maximum atomic E-state index is 13.0. The summed E-state index contributed by atoms with van der Waals surface area (Å²) in [5, 5.41) is 5.25. The van der Waals surface area contributed by atoms with Gasteiger partial charge in [-0.25, -0.2) is 4.98 Å². The van der Waals surface area contributed by atoms with Crippen molar-refractivity contribution in [2.24, 2.45) is 11.1 Å². The minimum absolute atomic E-state index is 0.0138. The molecule has 0 radical (unpaired) electrons. The van der Waals surface area contributed by atoms with Gasteiger partial charge in [0.2, 0.25) is 5.91 Å². The zero-order valence-electron chi connectivity index (χ0n) is 17.1. The molecule has 1 heterocycles. The molecular formula is C24H27N3O2. The quantitative estimate of drug-likeness (QED) is 0.679. The van der Waals surface area contributed by atoms with E-state index < -0.39 is 11.0 Å². The van der Waals surface area contributed by atoms with Gasteiger partial charge in [-0.15, -0.1) is 0 Å². The first-order valence-electron chi connectivity index (χ1n) is 10.0. The number of nitrogens with two attached hydrogens (primary N) is 1. The van der Waals surface area contributed by atoms with E-state index in [0.29, 0.717) is 18.8 Å². The summed E-state index contributed by atoms with van der Waals surface area (Å²) in [6.07, 6.45) is 0.490. The summed E-state index contributed by atoms with van der Waals surface area (Å²) >= 11 is 0. The Morgan fingerprint density at radius 2 is 1.90 bits per heavy atom. The molecule has 5 heteroatoms. The fourth-order valence-electron chi connectivity index (χ4n) is 4.06. The van der Waals surface area contributed by atoms with Crippen LogP contribution in [0.1, 0.15) is 27.2 Å². The number of anilines is 1. The van der Waals surface area contributed by atoms with Crippen molar-refractivity contribution in [2.75, 3.05) is 11.9 Å². The second kappa shape index (κ2) is 7.25. The van der Waals surface area contributed by atoms with Crippen LogP contribution < -0.4 is 11.1 Å². The third-order valence-electron chi connectivity index (χ3n) is 6.27. The number of benzene rings is 2. The van der Waals surface area contributed by atoms with Crippen molar-refractivity contribution in [3.05, 3.63) is 60.7 Å². The van der Waals surface area contributed by atoms with Crippen LogP contribution in [0.25, 0.3) is 22.0 Å². The molecular weight excluding hydrogens is 362 g/mol. The van der Waals surface area contributed by atoms with Gasteiger partial charge in [0.1, 0.15) is 11.4 Å². The molecule has 1 amide bonds. The van der Waals surface area contributed by atoms with Gasteiger partial charge in [-0.1, -0.05) is 56.3 Å². The lowest BCUT2D eigenvalue weighted by Gasteiger charge is -2.57. The van der Waals surface area contributed by atoms with Crippen molar-refractivity contribution in [3.8, 4) is 11.3 Å². The normalized spacial score (nSPS) is 22.8. The van der Waals surface area contributed by atoms with E-state index in [0.717, 1.165) is 16.6 Å². The van der Waals surface area contributed by atoms with Crippen LogP contribution in [0.2, 0.25) is 0 Å². The molecule has 0 bridgehead atoms. The smallest absolute Gasteiger partial charge is 0.246 e. The monoisotopic (exact) mass is 389 g/mol. The standard InChI is InChI=1S/C24H27N3O2/c1-4-29-20-15-24(25,23(20,2)3)22(28)27-21-11-7-10-19(26-21)18-13-12-16-8-5-6-9-17(16)14-18/h5-14,20H,4,15,25H2,1-3H3,(H,26,27,28). The molecule has 29 heavy (non-hydrogen) atoms. The number of rotatable bonds is 5. The molecule has 3 aromatic rings. The average molecular weight is 389 g/mol. The molecule has 3 N–H and O–H groups in total. The number of nitrogens with zero attached hydrogens (tertiary/aromatic N) is 1. The Bertz CT molecular complexity index is 1060. The number of hydrogen-bond donors (Lipinski definition) is 2. The Morgan fingerprint density at radius 3 is 2.62 bits per heavy atom. The molecule has 1 fully saturated rings. The molecule has 1 saturated carbocycles. The van der Waals surface area contributed by atoms with Gasteiger partial charge < -0.3 is 15.8 Å². The van der Waals surface area contributed by atoms with E-state index in [9.17, 15) is 4.79 Å². The summed E-state index contributed by atoms with van der Waals surface area (Å²) in [6, 6.07) is 20.1. The number of hydrogen-bond acceptors (Lipinski definition) is 4. The predicted molar refractivity (Wildman–Crippen MR) is 117 cm³/mol. The van der Waals surface area contributed by atoms with E-state index in [4.69, 9.17) is 10.5 Å². The second-order valence-corrected chi connectivity index (χ2v) is 8.27. The summed E-state index contributed by atoms with van der Waals surface area (Å²) in [6.45, 7) is 6.53. The summed E-state index contributed by atoms with van der Waals surface area (Å²) in [4.78, 5) is 17.6. The SMILES string of the molecule is CCOC1CC(N)(C(=O)Nc2cccc(-c3ccc4ccccc4c3)n2)C1(C)C. The topological polar surface area (TPSA) is 77.2 Å². The molecule has 1 aromatic heterocycles. The molecule has 150 valence electrons. The number of fused-ring (bicyclic) bond motifs is 1. The Kier molecular flexibility index (Phi) is 4.89. The summed E-state index contributed by atoms with van der Waals surface area (Å²) in [5.41, 5.74) is 6.87. The molecule has 5 nitrogen and oxygen atoms in total. The van der Waals surface area contributed by atoms with Gasteiger partial charge in [0.15, 0.2) is 0 Å². The van der Waals surface area contributed by atoms with E-state index in [-0.39, 0.29) is 12.0 Å². The maximum Gasteiger partial charge on any atom is 0.246 e. The molecule has 4 rings (SSSR count). The molecule has 1 aliphatic rings. The third kappa shape index (κ3) is 3.30. The maximum absolute atomic E-state index is 13.0. The van der Waals surface area contributed by atoms with Gasteiger partial charge in [0, 0.05) is 24.0 Å². The number of amides is 1. The summed E-state index contributed by atoms with van der Waals surface area (Å²) < 4.78 is 5.73. The minimum atomic E-state index is -0.979. The van der Waals surface area contributed by atoms with Gasteiger partial charge >= 0.3 is 0 Å². The highest BCUT2D eigenvalue weighted by atomic mass is 16.5. The fraction of sp³-hybridized carbons (Fsp3) is 0.333. The highest BCUT2D eigenvalue weighted by molar-refractivity contribution is 5.99. The molecule has 0 saturated heterocycles. The first-order chi connectivity index (χ1) is 13.8. The van der Waals surface area contributed by atoms with Crippen LogP contribution in [0.5, 0.6) is 0 Å². The van der Waals surface area contributed by atoms with Gasteiger partial charge in [-0.3, -0.25) is 4.79 Å². The molecule has 2 aromatic carbocycles. The number of aromatic nitrogens is 1. The van der Waals surface area contributed by atoms with Crippen LogP contribution in [0.3, 0.4) is 0 Å². The lowest BCUT2D eigenvalue weighted by Crippen LogP contribution is -2.74. The van der Waals surface area contributed by atoms with Crippen molar-refractivity contribution in [3.63, 3.8) is 0 Å². The predicted octanol–water partition coefficient (Wildman–Crippen LogP) is 4.37. The lowest BCUT2D eigenvalue weighted by molar-refractivity contribution is -0.166. The van der Waals surface area contributed by atoms with E-state index in [1.807, 2.05) is 51.1 Å². The van der Waals surface area contributed by atoms with Crippen LogP contribution in [0.4, 0.5) is 5.82 Å². The van der Waals surface area contributed by atoms with E-state index >= 15 is 0 Å². The first-order valence-corrected chi connectivity index (χ1v) is 10.0. The second-order valence-electron chi connectivity index (χ2n) is 8.27. The van der Waals surface area contributed by atoms with Gasteiger partial charge in [0.25, 0.3) is 0 Å². The summed E-state index contributed by atoms with van der Waals surface area (Å²) in [7, 11) is 0. The van der Waals surface area contributed by atoms with Crippen molar-refractivity contribution in [1.29, 1.82) is 0 Å². The highest BCUT2D eigenvalue weighted by Crippen LogP contribution is 2.50. The molecule has 0 aliphatic heterocycles. The number of carbonyl (C=O) groups is 1. The fourth-order valence-corrected chi connectivity index (χ4v) is 4.06. The van der Waals surface area contributed by atoms with E-state index in [1.165, 1.54) is 5.39 Å².